The Morgan fingerprint density at radius 1 is 0.868 bits per heavy atom. The van der Waals surface area contributed by atoms with Crippen molar-refractivity contribution < 1.29 is 30.8 Å². The number of benzene rings is 4. The summed E-state index contributed by atoms with van der Waals surface area (Å²) >= 11 is 3.43. The Bertz CT molecular complexity index is 1810. The molecule has 0 amide bonds. The average molecular weight is 630 g/mol. The Morgan fingerprint density at radius 3 is 2.34 bits per heavy atom. The van der Waals surface area contributed by atoms with Crippen molar-refractivity contribution in [1.82, 2.24) is 4.57 Å². The Hall–Kier alpha value is -3.81. The molecule has 0 radical (unpaired) electrons. The SMILES string of the molecule is O=C(C[n+]1cn(C(c2ccccc2)c2cc3ccccc3oc2=O)c2ccccc21)c1ccc(Br)cc1.[Br-]. The maximum absolute atomic E-state index is 13.3. The maximum atomic E-state index is 13.3. The van der Waals surface area contributed by atoms with Gasteiger partial charge in [-0.1, -0.05) is 88.7 Å². The third-order valence-corrected chi connectivity index (χ3v) is 7.10. The van der Waals surface area contributed by atoms with Crippen LogP contribution in [0.2, 0.25) is 0 Å². The largest absolute Gasteiger partial charge is 1.00 e. The van der Waals surface area contributed by atoms with E-state index in [2.05, 4.69) is 20.5 Å². The monoisotopic (exact) mass is 628 g/mol. The van der Waals surface area contributed by atoms with E-state index in [9.17, 15) is 9.59 Å². The molecule has 0 aliphatic carbocycles. The molecule has 2 aromatic heterocycles. The zero-order valence-corrected chi connectivity index (χ0v) is 23.3. The minimum Gasteiger partial charge on any atom is -1.00 e. The lowest BCUT2D eigenvalue weighted by atomic mass is 9.98. The van der Waals surface area contributed by atoms with E-state index < -0.39 is 6.04 Å². The van der Waals surface area contributed by atoms with Crippen LogP contribution in [0, 0.1) is 0 Å². The number of halogens is 2. The summed E-state index contributed by atoms with van der Waals surface area (Å²) in [6.07, 6.45) is 1.92. The normalized spacial score (nSPS) is 11.8. The zero-order chi connectivity index (χ0) is 25.4. The molecule has 0 aliphatic rings. The van der Waals surface area contributed by atoms with Crippen LogP contribution in [0.5, 0.6) is 0 Å². The summed E-state index contributed by atoms with van der Waals surface area (Å²) in [6.45, 7) is 0.170. The van der Waals surface area contributed by atoms with E-state index in [-0.39, 0.29) is 34.9 Å². The van der Waals surface area contributed by atoms with E-state index in [1.165, 1.54) is 0 Å². The van der Waals surface area contributed by atoms with Gasteiger partial charge in [0.25, 0.3) is 0 Å². The average Bonchev–Trinajstić information content (AvgIpc) is 3.28. The summed E-state index contributed by atoms with van der Waals surface area (Å²) in [6, 6.07) is 34.1. The number of rotatable bonds is 6. The highest BCUT2D eigenvalue weighted by Crippen LogP contribution is 2.29. The van der Waals surface area contributed by atoms with Gasteiger partial charge in [-0.2, -0.15) is 0 Å². The van der Waals surface area contributed by atoms with E-state index in [0.717, 1.165) is 26.5 Å². The molecular weight excluding hydrogens is 608 g/mol. The standard InChI is InChI=1S/C31H22BrN2O3.BrH/c32-24-16-14-21(15-17-24)28(35)19-33-20-34(27-12-6-5-11-26(27)33)30(22-8-2-1-3-9-22)25-18-23-10-4-7-13-29(23)37-31(25)36;/h1-18,20,30H,19H2;1H/q+1;/p-1. The van der Waals surface area contributed by atoms with Crippen molar-refractivity contribution in [2.75, 3.05) is 0 Å². The minimum absolute atomic E-state index is 0. The third-order valence-electron chi connectivity index (χ3n) is 6.57. The minimum atomic E-state index is -0.448. The Labute approximate surface area is 237 Å². The van der Waals surface area contributed by atoms with Gasteiger partial charge in [0.15, 0.2) is 23.6 Å². The molecule has 0 bridgehead atoms. The van der Waals surface area contributed by atoms with Gasteiger partial charge >= 0.3 is 5.63 Å². The van der Waals surface area contributed by atoms with Gasteiger partial charge in [-0.15, -0.1) is 0 Å². The van der Waals surface area contributed by atoms with Crippen molar-refractivity contribution in [3.05, 3.63) is 147 Å². The molecule has 1 unspecified atom stereocenters. The van der Waals surface area contributed by atoms with Crippen LogP contribution in [-0.2, 0) is 6.54 Å². The lowest BCUT2D eigenvalue weighted by Crippen LogP contribution is -3.00. The fraction of sp³-hybridized carbons (Fsp3) is 0.0645. The molecule has 0 fully saturated rings. The molecule has 38 heavy (non-hydrogen) atoms. The van der Waals surface area contributed by atoms with Crippen molar-refractivity contribution in [2.24, 2.45) is 0 Å². The first-order chi connectivity index (χ1) is 18.1. The summed E-state index contributed by atoms with van der Waals surface area (Å²) in [5, 5.41) is 0.854. The van der Waals surface area contributed by atoms with Crippen molar-refractivity contribution in [1.29, 1.82) is 0 Å². The van der Waals surface area contributed by atoms with Gasteiger partial charge in [-0.05, 0) is 36.4 Å². The highest BCUT2D eigenvalue weighted by atomic mass is 79.9. The summed E-state index contributed by atoms with van der Waals surface area (Å²) < 4.78 is 10.7. The molecule has 0 saturated heterocycles. The highest BCUT2D eigenvalue weighted by molar-refractivity contribution is 9.10. The molecule has 0 saturated carbocycles. The lowest BCUT2D eigenvalue weighted by Gasteiger charge is -2.15. The quantitative estimate of drug-likeness (QED) is 0.161. The van der Waals surface area contributed by atoms with Crippen molar-refractivity contribution in [2.45, 2.75) is 12.6 Å². The van der Waals surface area contributed by atoms with Crippen LogP contribution in [0.25, 0.3) is 22.0 Å². The molecule has 4 aromatic carbocycles. The van der Waals surface area contributed by atoms with E-state index in [4.69, 9.17) is 4.42 Å². The van der Waals surface area contributed by atoms with Crippen LogP contribution >= 0.6 is 15.9 Å². The maximum Gasteiger partial charge on any atom is 0.344 e. The molecule has 5 nitrogen and oxygen atoms in total. The smallest absolute Gasteiger partial charge is 0.344 e. The van der Waals surface area contributed by atoms with Gasteiger partial charge in [0.1, 0.15) is 5.58 Å². The Morgan fingerprint density at radius 2 is 1.55 bits per heavy atom. The molecule has 188 valence electrons. The molecule has 0 aliphatic heterocycles. The first kappa shape index (κ1) is 25.8. The number of fused-ring (bicyclic) bond motifs is 2. The molecule has 0 spiro atoms. The van der Waals surface area contributed by atoms with Crippen LogP contribution in [0.15, 0.2) is 129 Å². The topological polar surface area (TPSA) is 56.1 Å². The number of para-hydroxylation sites is 3. The van der Waals surface area contributed by atoms with Crippen molar-refractivity contribution in [3.63, 3.8) is 0 Å². The molecule has 1 atom stereocenters. The van der Waals surface area contributed by atoms with Gasteiger partial charge in [-0.25, -0.2) is 13.9 Å². The van der Waals surface area contributed by atoms with Gasteiger partial charge in [0, 0.05) is 21.0 Å². The summed E-state index contributed by atoms with van der Waals surface area (Å²) in [5.74, 6) is 0.00174. The Kier molecular flexibility index (Phi) is 7.40. The zero-order valence-electron chi connectivity index (χ0n) is 20.1. The second-order valence-corrected chi connectivity index (χ2v) is 9.83. The second-order valence-electron chi connectivity index (χ2n) is 8.91. The molecular formula is C31H22Br2N2O3. The molecule has 0 N–H and O–H groups in total. The van der Waals surface area contributed by atoms with Gasteiger partial charge < -0.3 is 21.4 Å². The number of Topliss-reactive ketones (excluding diaryl/α,β-unsaturated/α-hetero) is 1. The molecule has 2 heterocycles. The Balaban J connectivity index is 0.00000294. The number of hydrogen-bond acceptors (Lipinski definition) is 3. The van der Waals surface area contributed by atoms with E-state index in [1.54, 1.807) is 6.07 Å². The van der Waals surface area contributed by atoms with Crippen LogP contribution in [-0.4, -0.2) is 10.4 Å². The number of ketones is 1. The van der Waals surface area contributed by atoms with Crippen molar-refractivity contribution in [3.8, 4) is 0 Å². The van der Waals surface area contributed by atoms with Gasteiger partial charge in [-0.3, -0.25) is 4.79 Å². The number of hydrogen-bond donors (Lipinski definition) is 0. The molecule has 6 rings (SSSR count). The van der Waals surface area contributed by atoms with Gasteiger partial charge in [0.2, 0.25) is 12.1 Å². The van der Waals surface area contributed by atoms with Crippen LogP contribution in [0.4, 0.5) is 0 Å². The number of carbonyl (C=O) groups is 1. The predicted octanol–water partition coefficient (Wildman–Crippen LogP) is 3.32. The molecule has 6 aromatic rings. The summed E-state index contributed by atoms with van der Waals surface area (Å²) in [4.78, 5) is 26.5. The summed E-state index contributed by atoms with van der Waals surface area (Å²) in [5.41, 5.74) is 4.08. The third kappa shape index (κ3) is 4.87. The first-order valence-corrected chi connectivity index (χ1v) is 12.7. The molecule has 7 heteroatoms. The second kappa shape index (κ2) is 10.9. The van der Waals surface area contributed by atoms with Crippen LogP contribution in [0.1, 0.15) is 27.5 Å². The predicted molar refractivity (Wildman–Crippen MR) is 147 cm³/mol. The van der Waals surface area contributed by atoms with Gasteiger partial charge in [0.05, 0.1) is 5.56 Å². The van der Waals surface area contributed by atoms with E-state index in [0.29, 0.717) is 16.7 Å². The number of imidazole rings is 1. The number of aromatic nitrogens is 2. The first-order valence-electron chi connectivity index (χ1n) is 11.9. The van der Waals surface area contributed by atoms with Crippen LogP contribution < -0.4 is 27.2 Å². The fourth-order valence-corrected chi connectivity index (χ4v) is 5.07. The lowest BCUT2D eigenvalue weighted by molar-refractivity contribution is -0.658. The van der Waals surface area contributed by atoms with Crippen molar-refractivity contribution >= 4 is 43.7 Å². The van der Waals surface area contributed by atoms with E-state index >= 15 is 0 Å². The fourth-order valence-electron chi connectivity index (χ4n) is 4.81. The number of nitrogens with zero attached hydrogens (tertiary/aromatic N) is 2. The summed E-state index contributed by atoms with van der Waals surface area (Å²) in [7, 11) is 0. The van der Waals surface area contributed by atoms with E-state index in [1.807, 2.05) is 114 Å². The van der Waals surface area contributed by atoms with Crippen LogP contribution in [0.3, 0.4) is 0 Å². The highest BCUT2D eigenvalue weighted by Gasteiger charge is 2.30. The number of carbonyl (C=O) groups excluding carboxylic acids is 1.